The molecule has 1 amide bonds. The van der Waals surface area contributed by atoms with Gasteiger partial charge in [0.25, 0.3) is 5.91 Å². The molecule has 0 unspecified atom stereocenters. The summed E-state index contributed by atoms with van der Waals surface area (Å²) >= 11 is 1.56. The van der Waals surface area contributed by atoms with Crippen LogP contribution in [0.25, 0.3) is 0 Å². The highest BCUT2D eigenvalue weighted by Crippen LogP contribution is 2.19. The molecule has 2 rings (SSSR count). The predicted octanol–water partition coefficient (Wildman–Crippen LogP) is 2.01. The van der Waals surface area contributed by atoms with Gasteiger partial charge < -0.3 is 10.6 Å². The minimum absolute atomic E-state index is 0.0507. The zero-order valence-electron chi connectivity index (χ0n) is 11.7. The zero-order valence-corrected chi connectivity index (χ0v) is 13.4. The third kappa shape index (κ3) is 3.83. The maximum Gasteiger partial charge on any atom is 0.254 e. The molecule has 0 saturated carbocycles. The van der Waals surface area contributed by atoms with Crippen LogP contribution in [0, 0.1) is 0 Å². The standard InChI is InChI=1S/C14H16N2O3S2/c1-16(8-10-3-4-20-9-10)14(17)11-5-12(15)7-13(6-11)21(2,18)19/h3-7,9H,8,15H2,1-2H3. The first-order chi connectivity index (χ1) is 9.77. The number of nitrogens with two attached hydrogens (primary N) is 1. The van der Waals surface area contributed by atoms with Crippen LogP contribution in [0.1, 0.15) is 15.9 Å². The second kappa shape index (κ2) is 5.87. The molecule has 0 radical (unpaired) electrons. The molecule has 1 heterocycles. The number of carbonyl (C=O) groups excluding carboxylic acids is 1. The van der Waals surface area contributed by atoms with E-state index >= 15 is 0 Å². The number of nitrogen functional groups attached to an aromatic ring is 1. The SMILES string of the molecule is CN(Cc1ccsc1)C(=O)c1cc(N)cc(S(C)(=O)=O)c1. The van der Waals surface area contributed by atoms with Gasteiger partial charge in [0, 0.05) is 31.1 Å². The maximum absolute atomic E-state index is 12.4. The fraction of sp³-hybridized carbons (Fsp3) is 0.214. The van der Waals surface area contributed by atoms with Crippen LogP contribution in [-0.2, 0) is 16.4 Å². The number of thiophene rings is 1. The van der Waals surface area contributed by atoms with Gasteiger partial charge in [-0.05, 0) is 40.6 Å². The molecule has 0 atom stereocenters. The smallest absolute Gasteiger partial charge is 0.254 e. The fourth-order valence-electron chi connectivity index (χ4n) is 1.91. The Balaban J connectivity index is 2.28. The molecule has 2 N–H and O–H groups in total. The molecular formula is C14H16N2O3S2. The molecule has 0 fully saturated rings. The van der Waals surface area contributed by atoms with E-state index in [1.54, 1.807) is 18.4 Å². The molecular weight excluding hydrogens is 308 g/mol. The van der Waals surface area contributed by atoms with Crippen LogP contribution in [-0.4, -0.2) is 32.5 Å². The van der Waals surface area contributed by atoms with Crippen LogP contribution in [0.4, 0.5) is 5.69 Å². The molecule has 5 nitrogen and oxygen atoms in total. The minimum Gasteiger partial charge on any atom is -0.399 e. The number of nitrogens with zero attached hydrogens (tertiary/aromatic N) is 1. The lowest BCUT2D eigenvalue weighted by atomic mass is 10.1. The first kappa shape index (κ1) is 15.5. The van der Waals surface area contributed by atoms with Gasteiger partial charge in [-0.1, -0.05) is 0 Å². The van der Waals surface area contributed by atoms with Crippen molar-refractivity contribution < 1.29 is 13.2 Å². The van der Waals surface area contributed by atoms with Gasteiger partial charge in [0.15, 0.2) is 9.84 Å². The van der Waals surface area contributed by atoms with Crippen molar-refractivity contribution in [1.29, 1.82) is 0 Å². The van der Waals surface area contributed by atoms with Crippen LogP contribution < -0.4 is 5.73 Å². The Morgan fingerprint density at radius 1 is 1.33 bits per heavy atom. The monoisotopic (exact) mass is 324 g/mol. The summed E-state index contributed by atoms with van der Waals surface area (Å²) in [4.78, 5) is 14.0. The van der Waals surface area contributed by atoms with Gasteiger partial charge in [-0.15, -0.1) is 0 Å². The highest BCUT2D eigenvalue weighted by Gasteiger charge is 2.16. The van der Waals surface area contributed by atoms with E-state index in [0.717, 1.165) is 11.8 Å². The van der Waals surface area contributed by atoms with Crippen LogP contribution in [0.3, 0.4) is 0 Å². The van der Waals surface area contributed by atoms with E-state index in [0.29, 0.717) is 6.54 Å². The van der Waals surface area contributed by atoms with Gasteiger partial charge >= 0.3 is 0 Å². The molecule has 2 aromatic rings. The highest BCUT2D eigenvalue weighted by molar-refractivity contribution is 7.90. The van der Waals surface area contributed by atoms with Crippen LogP contribution in [0.5, 0.6) is 0 Å². The molecule has 0 aliphatic heterocycles. The molecule has 0 spiro atoms. The molecule has 1 aromatic heterocycles. The summed E-state index contributed by atoms with van der Waals surface area (Å²) in [5.74, 6) is -0.265. The van der Waals surface area contributed by atoms with E-state index < -0.39 is 9.84 Å². The molecule has 1 aromatic carbocycles. The van der Waals surface area contributed by atoms with Gasteiger partial charge in [0.2, 0.25) is 0 Å². The van der Waals surface area contributed by atoms with Gasteiger partial charge in [0.05, 0.1) is 4.90 Å². The third-order valence-corrected chi connectivity index (χ3v) is 4.77. The van der Waals surface area contributed by atoms with Crippen molar-refractivity contribution in [1.82, 2.24) is 4.90 Å². The first-order valence-corrected chi connectivity index (χ1v) is 8.98. The second-order valence-corrected chi connectivity index (χ2v) is 7.65. The lowest BCUT2D eigenvalue weighted by Crippen LogP contribution is -2.26. The third-order valence-electron chi connectivity index (χ3n) is 2.95. The van der Waals surface area contributed by atoms with E-state index in [4.69, 9.17) is 5.73 Å². The highest BCUT2D eigenvalue weighted by atomic mass is 32.2. The number of anilines is 1. The average Bonchev–Trinajstić information content (AvgIpc) is 2.88. The van der Waals surface area contributed by atoms with E-state index in [9.17, 15) is 13.2 Å². The van der Waals surface area contributed by atoms with Gasteiger partial charge in [-0.2, -0.15) is 11.3 Å². The van der Waals surface area contributed by atoms with Crippen LogP contribution >= 0.6 is 11.3 Å². The van der Waals surface area contributed by atoms with Crippen molar-refractivity contribution in [2.24, 2.45) is 0 Å². The van der Waals surface area contributed by atoms with Crippen molar-refractivity contribution in [2.45, 2.75) is 11.4 Å². The van der Waals surface area contributed by atoms with Gasteiger partial charge in [-0.25, -0.2) is 8.42 Å². The Bertz CT molecular complexity index is 753. The maximum atomic E-state index is 12.4. The topological polar surface area (TPSA) is 80.5 Å². The minimum atomic E-state index is -3.41. The summed E-state index contributed by atoms with van der Waals surface area (Å²) in [6.45, 7) is 0.464. The molecule has 0 saturated heterocycles. The number of sulfone groups is 1. The number of benzene rings is 1. The lowest BCUT2D eigenvalue weighted by Gasteiger charge is -2.17. The summed E-state index contributed by atoms with van der Waals surface area (Å²) in [6, 6.07) is 6.14. The Hall–Kier alpha value is -1.86. The number of hydrogen-bond acceptors (Lipinski definition) is 5. The molecule has 0 aliphatic rings. The molecule has 0 bridgehead atoms. The Morgan fingerprint density at radius 2 is 2.05 bits per heavy atom. The fourth-order valence-corrected chi connectivity index (χ4v) is 3.26. The number of carbonyl (C=O) groups is 1. The Labute approximate surface area is 127 Å². The summed E-state index contributed by atoms with van der Waals surface area (Å²) in [5, 5.41) is 3.90. The van der Waals surface area contributed by atoms with E-state index in [2.05, 4.69) is 0 Å². The van der Waals surface area contributed by atoms with Gasteiger partial charge in [0.1, 0.15) is 0 Å². The summed E-state index contributed by atoms with van der Waals surface area (Å²) in [6.07, 6.45) is 1.09. The number of rotatable bonds is 4. The summed E-state index contributed by atoms with van der Waals surface area (Å²) in [5.41, 5.74) is 7.25. The lowest BCUT2D eigenvalue weighted by molar-refractivity contribution is 0.0785. The summed E-state index contributed by atoms with van der Waals surface area (Å²) < 4.78 is 23.2. The van der Waals surface area contributed by atoms with Gasteiger partial charge in [-0.3, -0.25) is 4.79 Å². The Kier molecular flexibility index (Phi) is 4.34. The first-order valence-electron chi connectivity index (χ1n) is 6.14. The average molecular weight is 324 g/mol. The van der Waals surface area contributed by atoms with Crippen molar-refractivity contribution in [3.05, 3.63) is 46.2 Å². The molecule has 7 heteroatoms. The molecule has 112 valence electrons. The van der Waals surface area contributed by atoms with Crippen LogP contribution in [0.15, 0.2) is 39.9 Å². The largest absolute Gasteiger partial charge is 0.399 e. The van der Waals surface area contributed by atoms with Crippen molar-refractivity contribution in [3.8, 4) is 0 Å². The number of amides is 1. The predicted molar refractivity (Wildman–Crippen MR) is 84.1 cm³/mol. The quantitative estimate of drug-likeness (QED) is 0.872. The number of hydrogen-bond donors (Lipinski definition) is 1. The van der Waals surface area contributed by atoms with Crippen LogP contribution in [0.2, 0.25) is 0 Å². The zero-order chi connectivity index (χ0) is 15.6. The van der Waals surface area contributed by atoms with Crippen molar-refractivity contribution >= 4 is 32.8 Å². The van der Waals surface area contributed by atoms with Crippen molar-refractivity contribution in [3.63, 3.8) is 0 Å². The van der Waals surface area contributed by atoms with E-state index in [-0.39, 0.29) is 22.1 Å². The van der Waals surface area contributed by atoms with Crippen molar-refractivity contribution in [2.75, 3.05) is 19.0 Å². The van der Waals surface area contributed by atoms with E-state index in [1.807, 2.05) is 16.8 Å². The Morgan fingerprint density at radius 3 is 2.62 bits per heavy atom. The normalized spacial score (nSPS) is 11.3. The van der Waals surface area contributed by atoms with E-state index in [1.165, 1.54) is 23.1 Å². The second-order valence-electron chi connectivity index (χ2n) is 4.86. The molecule has 0 aliphatic carbocycles. The molecule has 21 heavy (non-hydrogen) atoms. The summed E-state index contributed by atoms with van der Waals surface area (Å²) in [7, 11) is -1.74.